The van der Waals surface area contributed by atoms with Crippen molar-refractivity contribution >= 4 is 23.6 Å². The number of nitrogens with one attached hydrogen (secondary N) is 2. The van der Waals surface area contributed by atoms with Crippen LogP contribution < -0.4 is 10.6 Å². The molecule has 2 aliphatic rings. The predicted octanol–water partition coefficient (Wildman–Crippen LogP) is 2.99. The van der Waals surface area contributed by atoms with Gasteiger partial charge in [0.25, 0.3) is 0 Å². The first-order valence-electron chi connectivity index (χ1n) is 9.11. The molecule has 0 aromatic heterocycles. The molecule has 3 N–H and O–H groups in total. The molecule has 1 fully saturated rings. The standard InChI is InChI=1S/C19H20F3N3O4/c20-19(21,22)11-5-7-12(8-6-11)23-18(29)24-14-4-2-1-3-13-9-10-15(17(27)28)25(13)16(14)26/h1-2,5-8,13-15H,3-4,9-10H2,(H,27,28)(H2,23,24,29)/b2-1-/t13-,14+,15+/m1/s1. The first kappa shape index (κ1) is 20.7. The van der Waals surface area contributed by atoms with Gasteiger partial charge in [-0.25, -0.2) is 9.59 Å². The Hall–Kier alpha value is -3.04. The number of carbonyl (C=O) groups is 3. The molecule has 0 aliphatic carbocycles. The molecular formula is C19H20F3N3O4. The molecule has 3 rings (SSSR count). The van der Waals surface area contributed by atoms with Crippen molar-refractivity contribution in [3.63, 3.8) is 0 Å². The molecule has 0 radical (unpaired) electrons. The number of benzene rings is 1. The number of hydrogen-bond acceptors (Lipinski definition) is 3. The molecular weight excluding hydrogens is 391 g/mol. The van der Waals surface area contributed by atoms with Crippen LogP contribution in [0.1, 0.15) is 31.2 Å². The lowest BCUT2D eigenvalue weighted by molar-refractivity contribution is -0.150. The molecule has 0 saturated carbocycles. The number of amides is 3. The molecule has 1 saturated heterocycles. The summed E-state index contributed by atoms with van der Waals surface area (Å²) in [7, 11) is 0. The van der Waals surface area contributed by atoms with Gasteiger partial charge >= 0.3 is 18.2 Å². The molecule has 156 valence electrons. The van der Waals surface area contributed by atoms with Crippen LogP contribution >= 0.6 is 0 Å². The summed E-state index contributed by atoms with van der Waals surface area (Å²) in [6.07, 6.45) is 0.797. The van der Waals surface area contributed by atoms with Gasteiger partial charge in [0.2, 0.25) is 5.91 Å². The molecule has 0 bridgehead atoms. The van der Waals surface area contributed by atoms with Gasteiger partial charge in [-0.05, 0) is 49.9 Å². The number of carbonyl (C=O) groups excluding carboxylic acids is 2. The second kappa shape index (κ2) is 8.14. The van der Waals surface area contributed by atoms with Crippen molar-refractivity contribution in [2.75, 3.05) is 5.32 Å². The third-order valence-electron chi connectivity index (χ3n) is 5.06. The summed E-state index contributed by atoms with van der Waals surface area (Å²) < 4.78 is 37.8. The topological polar surface area (TPSA) is 98.7 Å². The number of urea groups is 1. The summed E-state index contributed by atoms with van der Waals surface area (Å²) >= 11 is 0. The maximum absolute atomic E-state index is 12.9. The van der Waals surface area contributed by atoms with Crippen LogP contribution in [0.2, 0.25) is 0 Å². The average Bonchev–Trinajstić information content (AvgIpc) is 3.06. The maximum atomic E-state index is 12.9. The Labute approximate surface area is 164 Å². The monoisotopic (exact) mass is 411 g/mol. The smallest absolute Gasteiger partial charge is 0.416 e. The highest BCUT2D eigenvalue weighted by atomic mass is 19.4. The fraction of sp³-hybridized carbons (Fsp3) is 0.421. The number of nitrogens with zero attached hydrogens (tertiary/aromatic N) is 1. The third-order valence-corrected chi connectivity index (χ3v) is 5.06. The zero-order valence-electron chi connectivity index (χ0n) is 15.3. The maximum Gasteiger partial charge on any atom is 0.416 e. The van der Waals surface area contributed by atoms with E-state index < -0.39 is 41.7 Å². The molecule has 3 amide bonds. The molecule has 2 heterocycles. The Kier molecular flexibility index (Phi) is 5.81. The fourth-order valence-electron chi connectivity index (χ4n) is 3.65. The van der Waals surface area contributed by atoms with E-state index in [1.54, 1.807) is 6.08 Å². The molecule has 1 aromatic carbocycles. The quantitative estimate of drug-likeness (QED) is 0.666. The van der Waals surface area contributed by atoms with Crippen LogP contribution in [-0.2, 0) is 15.8 Å². The Bertz CT molecular complexity index is 823. The SMILES string of the molecule is O=C(Nc1ccc(C(F)(F)F)cc1)N[C@H]1C/C=C\C[C@@H]2CC[C@@H](C(=O)O)N2C1=O. The van der Waals surface area contributed by atoms with Crippen LogP contribution in [0.15, 0.2) is 36.4 Å². The van der Waals surface area contributed by atoms with Crippen molar-refractivity contribution in [2.45, 2.75) is 50.0 Å². The van der Waals surface area contributed by atoms with Gasteiger partial charge in [0, 0.05) is 11.7 Å². The minimum Gasteiger partial charge on any atom is -0.480 e. The second-order valence-electron chi connectivity index (χ2n) is 7.00. The Morgan fingerprint density at radius 2 is 1.72 bits per heavy atom. The summed E-state index contributed by atoms with van der Waals surface area (Å²) in [6.45, 7) is 0. The van der Waals surface area contributed by atoms with Crippen LogP contribution in [0.5, 0.6) is 0 Å². The zero-order valence-corrected chi connectivity index (χ0v) is 15.3. The lowest BCUT2D eigenvalue weighted by atomic mass is 10.0. The number of hydrogen-bond donors (Lipinski definition) is 3. The van der Waals surface area contributed by atoms with E-state index in [1.807, 2.05) is 6.08 Å². The van der Waals surface area contributed by atoms with Crippen LogP contribution in [0.4, 0.5) is 23.7 Å². The lowest BCUT2D eigenvalue weighted by Gasteiger charge is -2.32. The summed E-state index contributed by atoms with van der Waals surface area (Å²) in [5.41, 5.74) is -0.713. The number of carboxylic acid groups (broad SMARTS) is 1. The summed E-state index contributed by atoms with van der Waals surface area (Å²) in [5.74, 6) is -1.56. The lowest BCUT2D eigenvalue weighted by Crippen LogP contribution is -2.55. The van der Waals surface area contributed by atoms with Crippen molar-refractivity contribution in [3.8, 4) is 0 Å². The summed E-state index contributed by atoms with van der Waals surface area (Å²) in [6, 6.07) is 1.00. The van der Waals surface area contributed by atoms with E-state index in [0.29, 0.717) is 19.3 Å². The number of alkyl halides is 3. The number of aliphatic carboxylic acids is 1. The zero-order chi connectivity index (χ0) is 21.2. The molecule has 1 aromatic rings. The Balaban J connectivity index is 1.68. The van der Waals surface area contributed by atoms with Crippen molar-refractivity contribution in [3.05, 3.63) is 42.0 Å². The molecule has 29 heavy (non-hydrogen) atoms. The minimum absolute atomic E-state index is 0.131. The average molecular weight is 411 g/mol. The molecule has 0 spiro atoms. The van der Waals surface area contributed by atoms with Crippen molar-refractivity contribution < 1.29 is 32.7 Å². The molecule has 10 heteroatoms. The molecule has 3 atom stereocenters. The van der Waals surface area contributed by atoms with Gasteiger partial charge in [-0.1, -0.05) is 12.2 Å². The highest BCUT2D eigenvalue weighted by Crippen LogP contribution is 2.30. The van der Waals surface area contributed by atoms with E-state index in [2.05, 4.69) is 10.6 Å². The Morgan fingerprint density at radius 1 is 1.07 bits per heavy atom. The number of fused-ring (bicyclic) bond motifs is 1. The number of anilines is 1. The normalized spacial score (nSPS) is 25.6. The van der Waals surface area contributed by atoms with Crippen LogP contribution in [-0.4, -0.2) is 46.0 Å². The number of halogens is 3. The first-order chi connectivity index (χ1) is 13.7. The van der Waals surface area contributed by atoms with Gasteiger partial charge in [0.05, 0.1) is 5.56 Å². The van der Waals surface area contributed by atoms with E-state index in [0.717, 1.165) is 24.3 Å². The van der Waals surface area contributed by atoms with E-state index >= 15 is 0 Å². The highest BCUT2D eigenvalue weighted by molar-refractivity contribution is 5.95. The van der Waals surface area contributed by atoms with Crippen molar-refractivity contribution in [1.29, 1.82) is 0 Å². The van der Waals surface area contributed by atoms with E-state index in [9.17, 15) is 32.7 Å². The van der Waals surface area contributed by atoms with Crippen LogP contribution in [0, 0.1) is 0 Å². The van der Waals surface area contributed by atoms with Gasteiger partial charge in [0.15, 0.2) is 0 Å². The first-order valence-corrected chi connectivity index (χ1v) is 9.11. The second-order valence-corrected chi connectivity index (χ2v) is 7.00. The van der Waals surface area contributed by atoms with Gasteiger partial charge in [-0.3, -0.25) is 4.79 Å². The van der Waals surface area contributed by atoms with Gasteiger partial charge in [-0.15, -0.1) is 0 Å². The van der Waals surface area contributed by atoms with Crippen molar-refractivity contribution in [1.82, 2.24) is 10.2 Å². The summed E-state index contributed by atoms with van der Waals surface area (Å²) in [4.78, 5) is 38.0. The molecule has 0 unspecified atom stereocenters. The van der Waals surface area contributed by atoms with E-state index in [1.165, 1.54) is 4.90 Å². The minimum atomic E-state index is -4.48. The van der Waals surface area contributed by atoms with Gasteiger partial charge in [-0.2, -0.15) is 13.2 Å². The van der Waals surface area contributed by atoms with E-state index in [-0.39, 0.29) is 18.2 Å². The van der Waals surface area contributed by atoms with Gasteiger partial charge < -0.3 is 20.6 Å². The fourth-order valence-corrected chi connectivity index (χ4v) is 3.65. The summed E-state index contributed by atoms with van der Waals surface area (Å²) in [5, 5.41) is 14.3. The third kappa shape index (κ3) is 4.69. The predicted molar refractivity (Wildman–Crippen MR) is 97.1 cm³/mol. The van der Waals surface area contributed by atoms with E-state index in [4.69, 9.17) is 0 Å². The van der Waals surface area contributed by atoms with Crippen LogP contribution in [0.3, 0.4) is 0 Å². The molecule has 7 nitrogen and oxygen atoms in total. The van der Waals surface area contributed by atoms with Crippen molar-refractivity contribution in [2.24, 2.45) is 0 Å². The van der Waals surface area contributed by atoms with Crippen LogP contribution in [0.25, 0.3) is 0 Å². The Morgan fingerprint density at radius 3 is 2.34 bits per heavy atom. The number of carboxylic acids is 1. The van der Waals surface area contributed by atoms with Gasteiger partial charge in [0.1, 0.15) is 12.1 Å². The molecule has 2 aliphatic heterocycles. The number of rotatable bonds is 3. The largest absolute Gasteiger partial charge is 0.480 e. The highest BCUT2D eigenvalue weighted by Gasteiger charge is 2.43.